The summed E-state index contributed by atoms with van der Waals surface area (Å²) in [7, 11) is 0. The SMILES string of the molecule is CC(C)C(=O)N1CCC(c2ccn(-c3nc(N4CCOCC4)c4[nH]c(-c5ccncc5)nc4n3)n2)CC1. The van der Waals surface area contributed by atoms with Crippen molar-refractivity contribution >= 4 is 22.9 Å². The monoisotopic (exact) mass is 501 g/mol. The second-order valence-corrected chi connectivity index (χ2v) is 9.91. The van der Waals surface area contributed by atoms with E-state index < -0.39 is 0 Å². The van der Waals surface area contributed by atoms with Crippen LogP contribution in [0, 0.1) is 5.92 Å². The van der Waals surface area contributed by atoms with Crippen LogP contribution in [-0.2, 0) is 9.53 Å². The highest BCUT2D eigenvalue weighted by molar-refractivity contribution is 5.87. The van der Waals surface area contributed by atoms with Crippen molar-refractivity contribution in [3.05, 3.63) is 42.5 Å². The summed E-state index contributed by atoms with van der Waals surface area (Å²) in [6.07, 6.45) is 7.22. The largest absolute Gasteiger partial charge is 0.378 e. The van der Waals surface area contributed by atoms with E-state index in [0.29, 0.717) is 30.7 Å². The lowest BCUT2D eigenvalue weighted by Gasteiger charge is -2.32. The maximum Gasteiger partial charge on any atom is 0.254 e. The number of aromatic amines is 1. The van der Waals surface area contributed by atoms with Crippen LogP contribution < -0.4 is 4.90 Å². The lowest BCUT2D eigenvalue weighted by Crippen LogP contribution is -2.40. The minimum Gasteiger partial charge on any atom is -0.378 e. The molecule has 2 aliphatic heterocycles. The molecule has 1 N–H and O–H groups in total. The number of rotatable bonds is 5. The number of pyridine rings is 1. The van der Waals surface area contributed by atoms with Gasteiger partial charge in [0.1, 0.15) is 11.3 Å². The fraction of sp³-hybridized carbons (Fsp3) is 0.462. The number of amides is 1. The molecule has 0 radical (unpaired) electrons. The molecule has 37 heavy (non-hydrogen) atoms. The van der Waals surface area contributed by atoms with E-state index in [2.05, 4.69) is 14.9 Å². The first-order valence-electron chi connectivity index (χ1n) is 12.9. The van der Waals surface area contributed by atoms with E-state index in [9.17, 15) is 4.79 Å². The van der Waals surface area contributed by atoms with Gasteiger partial charge in [-0.3, -0.25) is 9.78 Å². The minimum absolute atomic E-state index is 0.0320. The Morgan fingerprint density at radius 1 is 1.03 bits per heavy atom. The molecule has 11 nitrogen and oxygen atoms in total. The Morgan fingerprint density at radius 3 is 2.51 bits per heavy atom. The number of morpholine rings is 1. The third-order valence-electron chi connectivity index (χ3n) is 7.12. The third-order valence-corrected chi connectivity index (χ3v) is 7.12. The van der Waals surface area contributed by atoms with Gasteiger partial charge in [-0.1, -0.05) is 13.8 Å². The van der Waals surface area contributed by atoms with E-state index in [4.69, 9.17) is 24.8 Å². The molecule has 192 valence electrons. The van der Waals surface area contributed by atoms with Gasteiger partial charge >= 0.3 is 0 Å². The Labute approximate surface area is 214 Å². The van der Waals surface area contributed by atoms with Crippen LogP contribution in [0.3, 0.4) is 0 Å². The van der Waals surface area contributed by atoms with Crippen molar-refractivity contribution in [1.29, 1.82) is 0 Å². The predicted molar refractivity (Wildman–Crippen MR) is 138 cm³/mol. The van der Waals surface area contributed by atoms with Crippen molar-refractivity contribution in [3.8, 4) is 17.3 Å². The van der Waals surface area contributed by atoms with Gasteiger partial charge in [0, 0.05) is 62.2 Å². The number of nitrogens with one attached hydrogen (secondary N) is 1. The van der Waals surface area contributed by atoms with Crippen molar-refractivity contribution in [2.75, 3.05) is 44.3 Å². The highest BCUT2D eigenvalue weighted by Crippen LogP contribution is 2.30. The number of fused-ring (bicyclic) bond motifs is 1. The van der Waals surface area contributed by atoms with Crippen LogP contribution >= 0.6 is 0 Å². The number of hydrogen-bond acceptors (Lipinski definition) is 8. The van der Waals surface area contributed by atoms with Gasteiger partial charge in [0.2, 0.25) is 5.91 Å². The molecule has 2 saturated heterocycles. The molecule has 6 heterocycles. The van der Waals surface area contributed by atoms with Crippen LogP contribution in [0.5, 0.6) is 0 Å². The van der Waals surface area contributed by atoms with Gasteiger partial charge < -0.3 is 19.5 Å². The zero-order chi connectivity index (χ0) is 25.4. The Hall–Kier alpha value is -3.86. The zero-order valence-corrected chi connectivity index (χ0v) is 21.2. The minimum atomic E-state index is 0.0320. The van der Waals surface area contributed by atoms with E-state index >= 15 is 0 Å². The number of ether oxygens (including phenoxy) is 1. The summed E-state index contributed by atoms with van der Waals surface area (Å²) in [5.74, 6) is 2.58. The van der Waals surface area contributed by atoms with Crippen LogP contribution in [0.2, 0.25) is 0 Å². The summed E-state index contributed by atoms with van der Waals surface area (Å²) in [6, 6.07) is 5.88. The molecule has 0 aromatic carbocycles. The molecule has 1 amide bonds. The summed E-state index contributed by atoms with van der Waals surface area (Å²) in [5.41, 5.74) is 3.34. The van der Waals surface area contributed by atoms with Gasteiger partial charge in [0.25, 0.3) is 5.95 Å². The number of hydrogen-bond donors (Lipinski definition) is 1. The maximum atomic E-state index is 12.4. The van der Waals surface area contributed by atoms with Crippen LogP contribution in [0.25, 0.3) is 28.5 Å². The van der Waals surface area contributed by atoms with Crippen LogP contribution in [0.4, 0.5) is 5.82 Å². The van der Waals surface area contributed by atoms with E-state index in [-0.39, 0.29) is 11.8 Å². The molecule has 0 aliphatic carbocycles. The van der Waals surface area contributed by atoms with Crippen molar-refractivity contribution in [1.82, 2.24) is 39.6 Å². The van der Waals surface area contributed by atoms with Crippen LogP contribution in [-0.4, -0.2) is 84.9 Å². The molecule has 0 unspecified atom stereocenters. The fourth-order valence-electron chi connectivity index (χ4n) is 5.05. The number of nitrogens with zero attached hydrogens (tertiary/aromatic N) is 8. The second kappa shape index (κ2) is 9.89. The molecule has 4 aromatic heterocycles. The number of H-pyrrole nitrogens is 1. The van der Waals surface area contributed by atoms with Crippen molar-refractivity contribution in [2.45, 2.75) is 32.6 Å². The average molecular weight is 502 g/mol. The number of imidazole rings is 1. The molecule has 6 rings (SSSR count). The lowest BCUT2D eigenvalue weighted by molar-refractivity contribution is -0.135. The number of likely N-dealkylation sites (tertiary alicyclic amines) is 1. The summed E-state index contributed by atoms with van der Waals surface area (Å²) >= 11 is 0. The van der Waals surface area contributed by atoms with Gasteiger partial charge in [-0.05, 0) is 31.0 Å². The molecule has 4 aromatic rings. The van der Waals surface area contributed by atoms with Crippen LogP contribution in [0.1, 0.15) is 38.3 Å². The molecule has 0 saturated carbocycles. The quantitative estimate of drug-likeness (QED) is 0.444. The molecular formula is C26H31N9O2. The molecule has 0 atom stereocenters. The average Bonchev–Trinajstić information content (AvgIpc) is 3.61. The Kier molecular flexibility index (Phi) is 6.29. The van der Waals surface area contributed by atoms with E-state index in [1.807, 2.05) is 43.1 Å². The fourth-order valence-corrected chi connectivity index (χ4v) is 5.05. The lowest BCUT2D eigenvalue weighted by atomic mass is 9.93. The number of carbonyl (C=O) groups is 1. The molecule has 0 bridgehead atoms. The molecular weight excluding hydrogens is 470 g/mol. The normalized spacial score (nSPS) is 17.2. The zero-order valence-electron chi connectivity index (χ0n) is 21.2. The first-order valence-corrected chi connectivity index (χ1v) is 12.9. The van der Waals surface area contributed by atoms with Crippen molar-refractivity contribution < 1.29 is 9.53 Å². The first kappa shape index (κ1) is 23.5. The summed E-state index contributed by atoms with van der Waals surface area (Å²) in [6.45, 7) is 8.23. The van der Waals surface area contributed by atoms with E-state index in [1.165, 1.54) is 0 Å². The maximum absolute atomic E-state index is 12.4. The van der Waals surface area contributed by atoms with Gasteiger partial charge in [-0.25, -0.2) is 9.67 Å². The topological polar surface area (TPSA) is 118 Å². The second-order valence-electron chi connectivity index (χ2n) is 9.91. The highest BCUT2D eigenvalue weighted by Gasteiger charge is 2.27. The summed E-state index contributed by atoms with van der Waals surface area (Å²) in [5, 5.41) is 4.87. The Balaban J connectivity index is 1.31. The van der Waals surface area contributed by atoms with Crippen molar-refractivity contribution in [2.24, 2.45) is 5.92 Å². The number of carbonyl (C=O) groups excluding carboxylic acids is 1. The molecule has 0 spiro atoms. The standard InChI is InChI=1S/C26H31N9O2/c1-17(2)25(36)34-10-5-18(6-11-34)20-7-12-35(32-20)26-30-23-21(24(31-26)33-13-15-37-16-14-33)28-22(29-23)19-3-8-27-9-4-19/h3-4,7-9,12,17-18H,5-6,10-11,13-16H2,1-2H3,(H,28,29,30,31). The number of anilines is 1. The Bertz CT molecular complexity index is 1380. The molecule has 11 heteroatoms. The molecule has 2 aliphatic rings. The Morgan fingerprint density at radius 2 is 1.78 bits per heavy atom. The molecule has 2 fully saturated rings. The van der Waals surface area contributed by atoms with Crippen molar-refractivity contribution in [3.63, 3.8) is 0 Å². The first-order chi connectivity index (χ1) is 18.1. The van der Waals surface area contributed by atoms with Gasteiger partial charge in [-0.15, -0.1) is 0 Å². The summed E-state index contributed by atoms with van der Waals surface area (Å²) < 4.78 is 7.31. The number of aromatic nitrogens is 7. The van der Waals surface area contributed by atoms with Gasteiger partial charge in [0.15, 0.2) is 11.5 Å². The van der Waals surface area contributed by atoms with Gasteiger partial charge in [0.05, 0.1) is 18.9 Å². The van der Waals surface area contributed by atoms with Crippen LogP contribution in [0.15, 0.2) is 36.8 Å². The summed E-state index contributed by atoms with van der Waals surface area (Å²) in [4.78, 5) is 38.6. The van der Waals surface area contributed by atoms with E-state index in [1.54, 1.807) is 17.1 Å². The smallest absolute Gasteiger partial charge is 0.254 e. The van der Waals surface area contributed by atoms with E-state index in [0.717, 1.165) is 67.4 Å². The number of piperidine rings is 1. The third kappa shape index (κ3) is 4.66. The highest BCUT2D eigenvalue weighted by atomic mass is 16.5. The van der Waals surface area contributed by atoms with Gasteiger partial charge in [-0.2, -0.15) is 15.1 Å². The predicted octanol–water partition coefficient (Wildman–Crippen LogP) is 2.80.